The minimum Gasteiger partial charge on any atom is -0.363 e. The Morgan fingerprint density at radius 1 is 1.17 bits per heavy atom. The number of hydrogen-bond acceptors (Lipinski definition) is 1. The van der Waals surface area contributed by atoms with Gasteiger partial charge in [-0.05, 0) is 29.8 Å². The number of rotatable bonds is 3. The minimum atomic E-state index is 0.0970. The van der Waals surface area contributed by atoms with Gasteiger partial charge in [-0.2, -0.15) is 0 Å². The lowest BCUT2D eigenvalue weighted by atomic mass is 10.0. The number of nitrogens with one attached hydrogen (secondary N) is 1. The summed E-state index contributed by atoms with van der Waals surface area (Å²) in [7, 11) is 0. The van der Waals surface area contributed by atoms with Crippen LogP contribution in [0.2, 0.25) is 5.02 Å². The normalized spacial score (nSPS) is 12.5. The van der Waals surface area contributed by atoms with E-state index in [1.807, 2.05) is 49.1 Å². The van der Waals surface area contributed by atoms with Gasteiger partial charge < -0.3 is 9.55 Å². The molecule has 1 unspecified atom stereocenters. The number of hydrogen-bond donors (Lipinski definition) is 1. The van der Waals surface area contributed by atoms with Crippen molar-refractivity contribution < 1.29 is 0 Å². The number of halogens is 1. The van der Waals surface area contributed by atoms with E-state index in [1.165, 1.54) is 5.56 Å². The molecule has 1 N–H and O–H groups in total. The number of benzene rings is 1. The van der Waals surface area contributed by atoms with Crippen LogP contribution in [0.15, 0.2) is 61.3 Å². The third kappa shape index (κ3) is 2.05. The van der Waals surface area contributed by atoms with E-state index in [-0.39, 0.29) is 6.04 Å². The molecule has 3 nitrogen and oxygen atoms in total. The summed E-state index contributed by atoms with van der Waals surface area (Å²) in [4.78, 5) is 7.38. The maximum Gasteiger partial charge on any atom is 0.0996 e. The lowest BCUT2D eigenvalue weighted by Gasteiger charge is -2.18. The maximum atomic E-state index is 5.94. The van der Waals surface area contributed by atoms with Crippen LogP contribution in [0.1, 0.15) is 17.3 Å². The molecule has 3 rings (SSSR count). The second kappa shape index (κ2) is 4.70. The van der Waals surface area contributed by atoms with Gasteiger partial charge in [-0.3, -0.25) is 0 Å². The van der Waals surface area contributed by atoms with Crippen LogP contribution in [-0.4, -0.2) is 14.5 Å². The molecule has 0 radical (unpaired) electrons. The monoisotopic (exact) mass is 257 g/mol. The van der Waals surface area contributed by atoms with Crippen molar-refractivity contribution in [2.45, 2.75) is 6.04 Å². The summed E-state index contributed by atoms with van der Waals surface area (Å²) in [5.41, 5.74) is 2.29. The van der Waals surface area contributed by atoms with Gasteiger partial charge in [0.15, 0.2) is 0 Å². The lowest BCUT2D eigenvalue weighted by Crippen LogP contribution is -2.10. The first-order valence-corrected chi connectivity index (χ1v) is 6.08. The summed E-state index contributed by atoms with van der Waals surface area (Å²) in [6.07, 6.45) is 7.49. The molecule has 2 aromatic heterocycles. The fraction of sp³-hybridized carbons (Fsp3) is 0.0714. The van der Waals surface area contributed by atoms with Crippen LogP contribution in [0.4, 0.5) is 0 Å². The number of imidazole rings is 1. The van der Waals surface area contributed by atoms with E-state index in [4.69, 9.17) is 11.6 Å². The highest BCUT2D eigenvalue weighted by molar-refractivity contribution is 6.30. The molecule has 0 aliphatic rings. The van der Waals surface area contributed by atoms with Crippen LogP contribution in [-0.2, 0) is 0 Å². The molecule has 0 amide bonds. The smallest absolute Gasteiger partial charge is 0.0996 e. The van der Waals surface area contributed by atoms with Crippen molar-refractivity contribution in [3.05, 3.63) is 77.6 Å². The number of nitrogens with zero attached hydrogens (tertiary/aromatic N) is 2. The molecule has 18 heavy (non-hydrogen) atoms. The molecule has 0 fully saturated rings. The van der Waals surface area contributed by atoms with E-state index in [1.54, 1.807) is 6.20 Å². The van der Waals surface area contributed by atoms with E-state index in [9.17, 15) is 0 Å². The summed E-state index contributed by atoms with van der Waals surface area (Å²) in [6, 6.07) is 12.0. The Morgan fingerprint density at radius 2 is 2.00 bits per heavy atom. The van der Waals surface area contributed by atoms with E-state index >= 15 is 0 Å². The van der Waals surface area contributed by atoms with Crippen molar-refractivity contribution in [1.29, 1.82) is 0 Å². The first-order chi connectivity index (χ1) is 8.84. The van der Waals surface area contributed by atoms with Gasteiger partial charge >= 0.3 is 0 Å². The van der Waals surface area contributed by atoms with Crippen molar-refractivity contribution in [3.63, 3.8) is 0 Å². The van der Waals surface area contributed by atoms with Crippen LogP contribution in [0, 0.1) is 0 Å². The van der Waals surface area contributed by atoms with E-state index < -0.39 is 0 Å². The lowest BCUT2D eigenvalue weighted by molar-refractivity contribution is 0.661. The third-order valence-corrected chi connectivity index (χ3v) is 3.18. The summed E-state index contributed by atoms with van der Waals surface area (Å²) < 4.78 is 2.06. The Balaban J connectivity index is 2.08. The largest absolute Gasteiger partial charge is 0.363 e. The molecule has 1 aromatic carbocycles. The minimum absolute atomic E-state index is 0.0970. The molecule has 0 bridgehead atoms. The molecule has 2 heterocycles. The zero-order valence-electron chi connectivity index (χ0n) is 9.62. The number of aromatic nitrogens is 3. The first-order valence-electron chi connectivity index (χ1n) is 5.71. The van der Waals surface area contributed by atoms with Gasteiger partial charge in [-0.1, -0.05) is 23.7 Å². The van der Waals surface area contributed by atoms with Crippen molar-refractivity contribution >= 4 is 11.6 Å². The molecule has 4 heteroatoms. The maximum absolute atomic E-state index is 5.94. The second-order valence-corrected chi connectivity index (χ2v) is 4.53. The number of aromatic amines is 1. The van der Waals surface area contributed by atoms with Crippen LogP contribution in [0.25, 0.3) is 0 Å². The molecule has 0 aliphatic heterocycles. The van der Waals surface area contributed by atoms with Gasteiger partial charge in [0.05, 0.1) is 12.4 Å². The molecular formula is C14H12ClN3. The fourth-order valence-corrected chi connectivity index (χ4v) is 2.22. The van der Waals surface area contributed by atoms with Crippen molar-refractivity contribution in [2.24, 2.45) is 0 Å². The standard InChI is InChI=1S/C14H12ClN3/c15-12-5-3-11(4-6-12)14(13-2-1-7-17-13)18-9-8-16-10-18/h1-10,14,17H. The van der Waals surface area contributed by atoms with Gasteiger partial charge in [0, 0.05) is 29.3 Å². The van der Waals surface area contributed by atoms with Crippen LogP contribution >= 0.6 is 11.6 Å². The average molecular weight is 258 g/mol. The van der Waals surface area contributed by atoms with Crippen molar-refractivity contribution in [1.82, 2.24) is 14.5 Å². The third-order valence-electron chi connectivity index (χ3n) is 2.93. The van der Waals surface area contributed by atoms with E-state index in [0.29, 0.717) is 0 Å². The zero-order chi connectivity index (χ0) is 12.4. The predicted octanol–water partition coefficient (Wildman–Crippen LogP) is 3.50. The van der Waals surface area contributed by atoms with Crippen LogP contribution in [0.5, 0.6) is 0 Å². The molecule has 0 aliphatic carbocycles. The molecule has 1 atom stereocenters. The molecule has 3 aromatic rings. The van der Waals surface area contributed by atoms with Gasteiger partial charge in [0.25, 0.3) is 0 Å². The Hall–Kier alpha value is -2.00. The highest BCUT2D eigenvalue weighted by Crippen LogP contribution is 2.26. The van der Waals surface area contributed by atoms with Gasteiger partial charge in [0.2, 0.25) is 0 Å². The predicted molar refractivity (Wildman–Crippen MR) is 71.7 cm³/mol. The quantitative estimate of drug-likeness (QED) is 0.765. The van der Waals surface area contributed by atoms with Crippen LogP contribution < -0.4 is 0 Å². The fourth-order valence-electron chi connectivity index (χ4n) is 2.09. The van der Waals surface area contributed by atoms with Crippen molar-refractivity contribution in [3.8, 4) is 0 Å². The zero-order valence-corrected chi connectivity index (χ0v) is 10.4. The molecule has 0 spiro atoms. The Labute approximate surface area is 110 Å². The second-order valence-electron chi connectivity index (χ2n) is 4.09. The Bertz CT molecular complexity index is 563. The summed E-state index contributed by atoms with van der Waals surface area (Å²) in [5, 5.41) is 0.745. The van der Waals surface area contributed by atoms with Gasteiger partial charge in [-0.15, -0.1) is 0 Å². The summed E-state index contributed by atoms with van der Waals surface area (Å²) in [6.45, 7) is 0. The summed E-state index contributed by atoms with van der Waals surface area (Å²) in [5.74, 6) is 0. The highest BCUT2D eigenvalue weighted by atomic mass is 35.5. The van der Waals surface area contributed by atoms with Crippen LogP contribution in [0.3, 0.4) is 0 Å². The van der Waals surface area contributed by atoms with Gasteiger partial charge in [-0.25, -0.2) is 4.98 Å². The van der Waals surface area contributed by atoms with Gasteiger partial charge in [0.1, 0.15) is 0 Å². The Kier molecular flexibility index (Phi) is 2.90. The highest BCUT2D eigenvalue weighted by Gasteiger charge is 2.16. The Morgan fingerprint density at radius 3 is 2.61 bits per heavy atom. The molecule has 90 valence electrons. The SMILES string of the molecule is Clc1ccc(C(c2ccc[nH]2)n2ccnc2)cc1. The molecule has 0 saturated carbocycles. The molecular weight excluding hydrogens is 246 g/mol. The van der Waals surface area contributed by atoms with Crippen molar-refractivity contribution in [2.75, 3.05) is 0 Å². The van der Waals surface area contributed by atoms with E-state index in [2.05, 4.69) is 20.6 Å². The number of H-pyrrole nitrogens is 1. The molecule has 0 saturated heterocycles. The topological polar surface area (TPSA) is 33.6 Å². The average Bonchev–Trinajstić information content (AvgIpc) is 3.06. The van der Waals surface area contributed by atoms with E-state index in [0.717, 1.165) is 10.7 Å². The first kappa shape index (κ1) is 11.1. The summed E-state index contributed by atoms with van der Waals surface area (Å²) >= 11 is 5.94.